The van der Waals surface area contributed by atoms with Gasteiger partial charge in [0.1, 0.15) is 0 Å². The lowest BCUT2D eigenvalue weighted by Crippen LogP contribution is -1.83. The van der Waals surface area contributed by atoms with Crippen LogP contribution in [0, 0.1) is 6.07 Å². The smallest absolute Gasteiger partial charge is 0.0892 e. The molecule has 0 fully saturated rings. The van der Waals surface area contributed by atoms with E-state index >= 15 is 0 Å². The molecule has 0 aliphatic heterocycles. The molecule has 1 radical (unpaired) electrons. The quantitative estimate of drug-likeness (QED) is 0.610. The maximum atomic E-state index is 4.30. The predicted molar refractivity (Wildman–Crippen MR) is 63.8 cm³/mol. The molecule has 0 aliphatic rings. The topological polar surface area (TPSA) is 25.8 Å². The largest absolute Gasteiger partial charge is 0.253 e. The van der Waals surface area contributed by atoms with Gasteiger partial charge in [0.25, 0.3) is 0 Å². The summed E-state index contributed by atoms with van der Waals surface area (Å²) in [6.07, 6.45) is 3.42. The summed E-state index contributed by atoms with van der Waals surface area (Å²) in [6, 6.07) is 17.0. The standard InChI is InChI=1S/C14H9N2/c1-2-4-11(5-3-1)12-6-7-13-14(10-12)16-9-8-15-13/h2-10H. The normalized spacial score (nSPS) is 10.5. The van der Waals surface area contributed by atoms with Gasteiger partial charge in [-0.1, -0.05) is 30.3 Å². The monoisotopic (exact) mass is 205 g/mol. The minimum atomic E-state index is 0.924. The zero-order valence-corrected chi connectivity index (χ0v) is 8.59. The number of nitrogens with zero attached hydrogens (tertiary/aromatic N) is 2. The van der Waals surface area contributed by atoms with E-state index in [4.69, 9.17) is 0 Å². The van der Waals surface area contributed by atoms with Gasteiger partial charge >= 0.3 is 0 Å². The maximum Gasteiger partial charge on any atom is 0.0892 e. The minimum absolute atomic E-state index is 0.924. The molecule has 2 aromatic carbocycles. The molecular formula is C14H9N2. The highest BCUT2D eigenvalue weighted by Gasteiger charge is 1.99. The second-order valence-corrected chi connectivity index (χ2v) is 3.55. The van der Waals surface area contributed by atoms with Crippen LogP contribution in [0.4, 0.5) is 0 Å². The van der Waals surface area contributed by atoms with Crippen LogP contribution in [-0.2, 0) is 0 Å². The summed E-state index contributed by atoms with van der Waals surface area (Å²) in [5, 5.41) is 0. The van der Waals surface area contributed by atoms with E-state index in [0.29, 0.717) is 0 Å². The molecule has 16 heavy (non-hydrogen) atoms. The van der Waals surface area contributed by atoms with Crippen LogP contribution in [-0.4, -0.2) is 9.97 Å². The van der Waals surface area contributed by atoms with Crippen LogP contribution in [0.1, 0.15) is 0 Å². The van der Waals surface area contributed by atoms with E-state index in [9.17, 15) is 0 Å². The van der Waals surface area contributed by atoms with Crippen LogP contribution in [0.2, 0.25) is 0 Å². The number of hydrogen-bond acceptors (Lipinski definition) is 2. The molecule has 2 heteroatoms. The summed E-state index contributed by atoms with van der Waals surface area (Å²) in [5.41, 5.74) is 4.18. The first-order valence-corrected chi connectivity index (χ1v) is 5.11. The van der Waals surface area contributed by atoms with Crippen LogP contribution < -0.4 is 0 Å². The lowest BCUT2D eigenvalue weighted by atomic mass is 10.1. The van der Waals surface area contributed by atoms with E-state index in [1.54, 1.807) is 12.4 Å². The van der Waals surface area contributed by atoms with Crippen molar-refractivity contribution in [2.75, 3.05) is 0 Å². The van der Waals surface area contributed by atoms with Crippen molar-refractivity contribution in [2.24, 2.45) is 0 Å². The second-order valence-electron chi connectivity index (χ2n) is 3.55. The average Bonchev–Trinajstić information content (AvgIpc) is 2.39. The number of benzene rings is 2. The average molecular weight is 205 g/mol. The van der Waals surface area contributed by atoms with Crippen molar-refractivity contribution in [3.63, 3.8) is 0 Å². The third kappa shape index (κ3) is 1.54. The van der Waals surface area contributed by atoms with Crippen molar-refractivity contribution in [3.05, 3.63) is 60.9 Å². The first kappa shape index (κ1) is 9.04. The highest BCUT2D eigenvalue weighted by molar-refractivity contribution is 5.80. The lowest BCUT2D eigenvalue weighted by molar-refractivity contribution is 1.29. The van der Waals surface area contributed by atoms with Gasteiger partial charge in [-0.25, -0.2) is 0 Å². The minimum Gasteiger partial charge on any atom is -0.253 e. The van der Waals surface area contributed by atoms with E-state index in [1.165, 1.54) is 5.56 Å². The molecule has 0 amide bonds. The fourth-order valence-electron chi connectivity index (χ4n) is 1.72. The van der Waals surface area contributed by atoms with E-state index in [-0.39, 0.29) is 0 Å². The molecule has 0 atom stereocenters. The van der Waals surface area contributed by atoms with Gasteiger partial charge in [0.05, 0.1) is 11.0 Å². The zero-order chi connectivity index (χ0) is 10.8. The van der Waals surface area contributed by atoms with Gasteiger partial charge in [0.2, 0.25) is 0 Å². The second kappa shape index (κ2) is 3.74. The predicted octanol–water partition coefficient (Wildman–Crippen LogP) is 3.10. The summed E-state index contributed by atoms with van der Waals surface area (Å²) in [4.78, 5) is 8.54. The van der Waals surface area contributed by atoms with Gasteiger partial charge in [0.15, 0.2) is 0 Å². The third-order valence-electron chi connectivity index (χ3n) is 2.52. The Kier molecular flexibility index (Phi) is 2.11. The molecule has 3 rings (SSSR count). The molecule has 0 saturated carbocycles. The Morgan fingerprint density at radius 2 is 1.50 bits per heavy atom. The summed E-state index contributed by atoms with van der Waals surface area (Å²) >= 11 is 0. The van der Waals surface area contributed by atoms with Crippen LogP contribution in [0.5, 0.6) is 0 Å². The molecule has 1 aromatic heterocycles. The summed E-state index contributed by atoms with van der Waals surface area (Å²) in [7, 11) is 0. The van der Waals surface area contributed by atoms with E-state index in [1.807, 2.05) is 30.3 Å². The summed E-state index contributed by atoms with van der Waals surface area (Å²) in [5.74, 6) is 0. The van der Waals surface area contributed by atoms with Crippen molar-refractivity contribution < 1.29 is 0 Å². The number of aromatic nitrogens is 2. The van der Waals surface area contributed by atoms with Crippen LogP contribution >= 0.6 is 0 Å². The summed E-state index contributed by atoms with van der Waals surface area (Å²) in [6.45, 7) is 0. The number of hydrogen-bond donors (Lipinski definition) is 0. The highest BCUT2D eigenvalue weighted by Crippen LogP contribution is 2.21. The molecule has 0 aliphatic carbocycles. The molecule has 2 nitrogen and oxygen atoms in total. The molecule has 1 heterocycles. The highest BCUT2D eigenvalue weighted by atomic mass is 14.8. The third-order valence-corrected chi connectivity index (χ3v) is 2.52. The van der Waals surface area contributed by atoms with E-state index < -0.39 is 0 Å². The van der Waals surface area contributed by atoms with Gasteiger partial charge in [-0.05, 0) is 29.3 Å². The van der Waals surface area contributed by atoms with Gasteiger partial charge in [0, 0.05) is 12.4 Å². The lowest BCUT2D eigenvalue weighted by Gasteiger charge is -2.02. The van der Waals surface area contributed by atoms with Crippen LogP contribution in [0.25, 0.3) is 22.2 Å². The SMILES string of the molecule is [c]1ccc(-c2ccc3nccnc3c2)cc1. The van der Waals surface area contributed by atoms with Crippen molar-refractivity contribution in [2.45, 2.75) is 0 Å². The Morgan fingerprint density at radius 1 is 0.750 bits per heavy atom. The van der Waals surface area contributed by atoms with E-state index in [2.05, 4.69) is 28.2 Å². The number of rotatable bonds is 1. The first-order chi connectivity index (χ1) is 7.93. The van der Waals surface area contributed by atoms with Crippen molar-refractivity contribution >= 4 is 11.0 Å². The molecule has 0 N–H and O–H groups in total. The molecule has 75 valence electrons. The fourth-order valence-corrected chi connectivity index (χ4v) is 1.72. The Labute approximate surface area is 93.6 Å². The molecule has 0 bridgehead atoms. The Hall–Kier alpha value is -2.22. The number of fused-ring (bicyclic) bond motifs is 1. The maximum absolute atomic E-state index is 4.30. The first-order valence-electron chi connectivity index (χ1n) is 5.11. The molecule has 3 aromatic rings. The Bertz CT molecular complexity index is 618. The van der Waals surface area contributed by atoms with Crippen molar-refractivity contribution in [3.8, 4) is 11.1 Å². The van der Waals surface area contributed by atoms with Gasteiger partial charge < -0.3 is 0 Å². The van der Waals surface area contributed by atoms with Crippen LogP contribution in [0.15, 0.2) is 54.9 Å². The molecule has 0 unspecified atom stereocenters. The van der Waals surface area contributed by atoms with E-state index in [0.717, 1.165) is 16.6 Å². The fraction of sp³-hybridized carbons (Fsp3) is 0. The molecule has 0 spiro atoms. The van der Waals surface area contributed by atoms with Crippen LogP contribution in [0.3, 0.4) is 0 Å². The zero-order valence-electron chi connectivity index (χ0n) is 8.59. The summed E-state index contributed by atoms with van der Waals surface area (Å²) < 4.78 is 0. The van der Waals surface area contributed by atoms with Gasteiger partial charge in [-0.2, -0.15) is 0 Å². The van der Waals surface area contributed by atoms with Gasteiger partial charge in [-0.3, -0.25) is 9.97 Å². The Morgan fingerprint density at radius 3 is 2.31 bits per heavy atom. The molecule has 0 saturated heterocycles. The Balaban J connectivity index is 2.19. The van der Waals surface area contributed by atoms with Gasteiger partial charge in [-0.15, -0.1) is 0 Å². The molecular weight excluding hydrogens is 196 g/mol. The van der Waals surface area contributed by atoms with Crippen molar-refractivity contribution in [1.82, 2.24) is 9.97 Å². The van der Waals surface area contributed by atoms with Crippen molar-refractivity contribution in [1.29, 1.82) is 0 Å².